The fourth-order valence-corrected chi connectivity index (χ4v) is 3.05. The maximum absolute atomic E-state index is 14.1. The van der Waals surface area contributed by atoms with Crippen LogP contribution in [0.3, 0.4) is 0 Å². The van der Waals surface area contributed by atoms with Crippen LogP contribution in [-0.4, -0.2) is 15.9 Å². The minimum atomic E-state index is -0.516. The summed E-state index contributed by atoms with van der Waals surface area (Å²) in [5, 5.41) is 3.03. The molecule has 2 bridgehead atoms. The van der Waals surface area contributed by atoms with Crippen molar-refractivity contribution in [3.8, 4) is 11.1 Å². The lowest BCUT2D eigenvalue weighted by molar-refractivity contribution is 0.102. The second kappa shape index (κ2) is 6.23. The summed E-state index contributed by atoms with van der Waals surface area (Å²) < 4.78 is 19.5. The molecule has 1 N–H and O–H groups in total. The van der Waals surface area contributed by atoms with Crippen LogP contribution in [0.4, 0.5) is 10.1 Å². The predicted molar refractivity (Wildman–Crippen MR) is 97.5 cm³/mol. The van der Waals surface area contributed by atoms with Gasteiger partial charge in [-0.2, -0.15) is 0 Å². The third-order valence-electron chi connectivity index (χ3n) is 3.88. The molecule has 26 heavy (non-hydrogen) atoms. The number of hydrogen-bond acceptors (Lipinski definition) is 4. The Balaban J connectivity index is 1.79. The van der Waals surface area contributed by atoms with Gasteiger partial charge < -0.3 is 9.73 Å². The van der Waals surface area contributed by atoms with E-state index in [1.54, 1.807) is 18.3 Å². The van der Waals surface area contributed by atoms with Gasteiger partial charge in [0, 0.05) is 23.5 Å². The minimum absolute atomic E-state index is 0.0306. The maximum Gasteiger partial charge on any atom is 0.260 e. The van der Waals surface area contributed by atoms with Gasteiger partial charge in [-0.3, -0.25) is 9.78 Å². The van der Waals surface area contributed by atoms with Gasteiger partial charge in [-0.1, -0.05) is 23.2 Å². The van der Waals surface area contributed by atoms with Gasteiger partial charge in [-0.05, 0) is 30.7 Å². The molecule has 0 aromatic carbocycles. The normalized spacial score (nSPS) is 11.2. The van der Waals surface area contributed by atoms with Crippen LogP contribution in [-0.2, 0) is 0 Å². The molecule has 4 aromatic rings. The molecule has 4 heterocycles. The average Bonchev–Trinajstić information content (AvgIpc) is 3.15. The van der Waals surface area contributed by atoms with Crippen molar-refractivity contribution in [3.63, 3.8) is 0 Å². The first-order valence-corrected chi connectivity index (χ1v) is 8.29. The molecular weight excluding hydrogens is 380 g/mol. The van der Waals surface area contributed by atoms with Crippen molar-refractivity contribution in [2.75, 3.05) is 5.32 Å². The number of rotatable bonds is 3. The van der Waals surface area contributed by atoms with Crippen molar-refractivity contribution in [1.29, 1.82) is 0 Å². The summed E-state index contributed by atoms with van der Waals surface area (Å²) in [4.78, 5) is 20.8. The smallest absolute Gasteiger partial charge is 0.260 e. The van der Waals surface area contributed by atoms with E-state index < -0.39 is 11.7 Å². The Bertz CT molecular complexity index is 1140. The molecule has 0 unspecified atom stereocenters. The van der Waals surface area contributed by atoms with E-state index >= 15 is 0 Å². The summed E-state index contributed by atoms with van der Waals surface area (Å²) in [6, 6.07) is 6.12. The quantitative estimate of drug-likeness (QED) is 0.480. The lowest BCUT2D eigenvalue weighted by Crippen LogP contribution is -2.13. The second-order valence-electron chi connectivity index (χ2n) is 5.67. The van der Waals surface area contributed by atoms with E-state index in [0.29, 0.717) is 16.8 Å². The molecule has 0 aliphatic rings. The van der Waals surface area contributed by atoms with E-state index in [0.717, 1.165) is 5.69 Å². The van der Waals surface area contributed by atoms with Crippen molar-refractivity contribution in [2.45, 2.75) is 6.92 Å². The van der Waals surface area contributed by atoms with Crippen LogP contribution in [0.5, 0.6) is 0 Å². The monoisotopic (exact) mass is 389 g/mol. The maximum atomic E-state index is 14.1. The Kier molecular flexibility index (Phi) is 4.01. The Morgan fingerprint density at radius 2 is 2.04 bits per heavy atom. The van der Waals surface area contributed by atoms with Crippen LogP contribution in [0.25, 0.3) is 22.3 Å². The molecule has 4 aromatic heterocycles. The predicted octanol–water partition coefficient (Wildman–Crippen LogP) is 5.33. The zero-order chi connectivity index (χ0) is 18.4. The Morgan fingerprint density at radius 3 is 2.77 bits per heavy atom. The highest BCUT2D eigenvalue weighted by atomic mass is 35.5. The molecule has 0 saturated carbocycles. The highest BCUT2D eigenvalue weighted by Gasteiger charge is 2.27. The highest BCUT2D eigenvalue weighted by Crippen LogP contribution is 2.39. The summed E-state index contributed by atoms with van der Waals surface area (Å²) in [5.41, 5.74) is 2.55. The van der Waals surface area contributed by atoms with Gasteiger partial charge in [-0.15, -0.1) is 0 Å². The van der Waals surface area contributed by atoms with Gasteiger partial charge in [0.15, 0.2) is 11.4 Å². The minimum Gasteiger partial charge on any atom is -0.453 e. The van der Waals surface area contributed by atoms with Crippen LogP contribution in [0, 0.1) is 12.7 Å². The molecule has 0 fully saturated rings. The lowest BCUT2D eigenvalue weighted by Gasteiger charge is -2.08. The number of fused-ring (bicyclic) bond motifs is 2. The number of benzene rings is 1. The molecule has 4 rings (SSSR count). The fourth-order valence-electron chi connectivity index (χ4n) is 2.78. The number of nitrogens with zero attached hydrogens (tertiary/aromatic N) is 2. The van der Waals surface area contributed by atoms with Gasteiger partial charge in [0.1, 0.15) is 10.7 Å². The number of aromatic nitrogens is 2. The third-order valence-corrected chi connectivity index (χ3v) is 4.56. The van der Waals surface area contributed by atoms with Crippen LogP contribution < -0.4 is 5.32 Å². The number of carbonyl (C=O) groups is 1. The molecular formula is C18H10Cl2FN3O2. The first kappa shape index (κ1) is 16.8. The molecule has 0 atom stereocenters. The van der Waals surface area contributed by atoms with E-state index in [9.17, 15) is 9.18 Å². The first-order valence-electron chi connectivity index (χ1n) is 7.54. The number of hydrogen-bond donors (Lipinski definition) is 1. The Morgan fingerprint density at radius 1 is 1.23 bits per heavy atom. The number of amides is 1. The van der Waals surface area contributed by atoms with Crippen molar-refractivity contribution >= 4 is 46.0 Å². The second-order valence-corrected chi connectivity index (χ2v) is 6.44. The van der Waals surface area contributed by atoms with Gasteiger partial charge in [-0.25, -0.2) is 9.37 Å². The standard InChI is InChI=1S/C18H10Cl2FN3O2/c1-8-4-9(2-3-22-8)14-15(13-6-12(21)16(14)26-13)18(25)24-10-5-11(19)17(20)23-7-10/h2-7H,1H3,(H,24,25). The molecule has 0 aliphatic heterocycles. The van der Waals surface area contributed by atoms with Crippen molar-refractivity contribution in [2.24, 2.45) is 0 Å². The molecule has 0 spiro atoms. The SMILES string of the molecule is Cc1cc(-c2c(C(=O)Nc3cnc(Cl)c(Cl)c3)c3cc(F)c2o3)ccn1. The number of anilines is 1. The molecule has 0 saturated heterocycles. The largest absolute Gasteiger partial charge is 0.453 e. The van der Waals surface area contributed by atoms with Gasteiger partial charge in [0.05, 0.1) is 22.5 Å². The summed E-state index contributed by atoms with van der Waals surface area (Å²) in [6.45, 7) is 1.81. The van der Waals surface area contributed by atoms with Crippen LogP contribution in [0.1, 0.15) is 16.1 Å². The van der Waals surface area contributed by atoms with E-state index in [1.165, 1.54) is 18.3 Å². The van der Waals surface area contributed by atoms with E-state index in [1.807, 2.05) is 6.92 Å². The molecule has 0 aliphatic carbocycles. The zero-order valence-corrected chi connectivity index (χ0v) is 14.8. The highest BCUT2D eigenvalue weighted by molar-refractivity contribution is 6.41. The van der Waals surface area contributed by atoms with Crippen molar-refractivity contribution in [3.05, 3.63) is 63.9 Å². The fraction of sp³-hybridized carbons (Fsp3) is 0.0556. The topological polar surface area (TPSA) is 68.0 Å². The average molecular weight is 390 g/mol. The number of pyridine rings is 2. The van der Waals surface area contributed by atoms with Gasteiger partial charge in [0.25, 0.3) is 5.91 Å². The van der Waals surface area contributed by atoms with Crippen molar-refractivity contribution in [1.82, 2.24) is 9.97 Å². The summed E-state index contributed by atoms with van der Waals surface area (Å²) in [6.07, 6.45) is 2.97. The molecule has 130 valence electrons. The first-order chi connectivity index (χ1) is 12.4. The van der Waals surface area contributed by atoms with Crippen LogP contribution in [0.2, 0.25) is 10.2 Å². The number of halogens is 3. The number of furan rings is 2. The van der Waals surface area contributed by atoms with E-state index in [2.05, 4.69) is 15.3 Å². The molecule has 0 radical (unpaired) electrons. The Labute approximate surface area is 157 Å². The van der Waals surface area contributed by atoms with Crippen LogP contribution in [0.15, 0.2) is 41.1 Å². The number of carbonyl (C=O) groups excluding carboxylic acids is 1. The van der Waals surface area contributed by atoms with E-state index in [-0.39, 0.29) is 26.9 Å². The Hall–Kier alpha value is -2.70. The van der Waals surface area contributed by atoms with E-state index in [4.69, 9.17) is 27.6 Å². The van der Waals surface area contributed by atoms with Crippen molar-refractivity contribution < 1.29 is 13.6 Å². The molecule has 1 amide bonds. The summed E-state index contributed by atoms with van der Waals surface area (Å²) in [5.74, 6) is -0.986. The zero-order valence-electron chi connectivity index (χ0n) is 13.3. The molecule has 8 heteroatoms. The number of nitrogens with one attached hydrogen (secondary N) is 1. The van der Waals surface area contributed by atoms with Gasteiger partial charge in [0.2, 0.25) is 0 Å². The lowest BCUT2D eigenvalue weighted by atomic mass is 9.99. The summed E-state index contributed by atoms with van der Waals surface area (Å²) in [7, 11) is 0. The van der Waals surface area contributed by atoms with Gasteiger partial charge >= 0.3 is 0 Å². The third kappa shape index (κ3) is 2.77. The molecule has 5 nitrogen and oxygen atoms in total. The number of aryl methyl sites for hydroxylation is 1. The van der Waals surface area contributed by atoms with Crippen LogP contribution >= 0.6 is 23.2 Å². The summed E-state index contributed by atoms with van der Waals surface area (Å²) >= 11 is 11.7.